The van der Waals surface area contributed by atoms with Gasteiger partial charge in [0, 0.05) is 12.8 Å². The predicted molar refractivity (Wildman–Crippen MR) is 101 cm³/mol. The smallest absolute Gasteiger partial charge is 0.235 e. The van der Waals surface area contributed by atoms with E-state index in [1.54, 1.807) is 0 Å². The van der Waals surface area contributed by atoms with Crippen LogP contribution in [0.25, 0.3) is 11.2 Å². The number of carbonyl (C=O) groups excluding carboxylic acids is 2. The van der Waals surface area contributed by atoms with Crippen molar-refractivity contribution in [1.82, 2.24) is 19.5 Å². The van der Waals surface area contributed by atoms with Crippen LogP contribution in [0.2, 0.25) is 0 Å². The molecular formula is C18H25N5O6. The minimum atomic E-state index is -1.32. The monoisotopic (exact) mass is 407 g/mol. The van der Waals surface area contributed by atoms with Gasteiger partial charge in [-0.3, -0.25) is 14.2 Å². The molecule has 0 aromatic carbocycles. The summed E-state index contributed by atoms with van der Waals surface area (Å²) in [6.45, 7) is 3.21. The number of fused-ring (bicyclic) bond motifs is 1. The van der Waals surface area contributed by atoms with Crippen molar-refractivity contribution >= 4 is 28.8 Å². The second kappa shape index (κ2) is 8.91. The maximum Gasteiger partial charge on any atom is 0.235 e. The third-order valence-corrected chi connectivity index (χ3v) is 4.77. The van der Waals surface area contributed by atoms with E-state index in [1.165, 1.54) is 17.2 Å². The van der Waals surface area contributed by atoms with E-state index in [-0.39, 0.29) is 41.6 Å². The van der Waals surface area contributed by atoms with Crippen LogP contribution in [-0.2, 0) is 14.3 Å². The van der Waals surface area contributed by atoms with Crippen LogP contribution in [0.4, 0.5) is 5.82 Å². The molecule has 2 aromatic rings. The number of hydrogen-bond donors (Lipinski definition) is 3. The Morgan fingerprint density at radius 2 is 1.76 bits per heavy atom. The van der Waals surface area contributed by atoms with Gasteiger partial charge in [0.2, 0.25) is 11.8 Å². The van der Waals surface area contributed by atoms with E-state index in [0.717, 1.165) is 4.90 Å². The van der Waals surface area contributed by atoms with Crippen molar-refractivity contribution in [3.05, 3.63) is 12.7 Å². The second-order valence-electron chi connectivity index (χ2n) is 6.87. The zero-order valence-electron chi connectivity index (χ0n) is 16.3. The minimum Gasteiger partial charge on any atom is -0.394 e. The first-order valence-corrected chi connectivity index (χ1v) is 9.60. The van der Waals surface area contributed by atoms with Gasteiger partial charge in [-0.25, -0.2) is 19.9 Å². The van der Waals surface area contributed by atoms with Crippen LogP contribution < -0.4 is 4.90 Å². The number of aliphatic hydroxyl groups excluding tert-OH is 3. The molecule has 1 fully saturated rings. The summed E-state index contributed by atoms with van der Waals surface area (Å²) in [6, 6.07) is 0. The molecule has 3 rings (SSSR count). The van der Waals surface area contributed by atoms with E-state index in [1.807, 2.05) is 13.8 Å². The summed E-state index contributed by atoms with van der Waals surface area (Å²) in [6.07, 6.45) is -0.575. The number of carbonyl (C=O) groups is 2. The highest BCUT2D eigenvalue weighted by atomic mass is 16.6. The zero-order chi connectivity index (χ0) is 21.1. The molecule has 0 spiro atoms. The van der Waals surface area contributed by atoms with E-state index < -0.39 is 31.1 Å². The largest absolute Gasteiger partial charge is 0.394 e. The Kier molecular flexibility index (Phi) is 6.52. The number of rotatable bonds is 7. The predicted octanol–water partition coefficient (Wildman–Crippen LogP) is -0.102. The van der Waals surface area contributed by atoms with E-state index in [4.69, 9.17) is 4.74 Å². The fraction of sp³-hybridized carbons (Fsp3) is 0.611. The van der Waals surface area contributed by atoms with Crippen LogP contribution in [0.1, 0.15) is 45.8 Å². The molecule has 29 heavy (non-hydrogen) atoms. The van der Waals surface area contributed by atoms with Crippen LogP contribution in [0.5, 0.6) is 0 Å². The Morgan fingerprint density at radius 3 is 2.31 bits per heavy atom. The molecule has 11 nitrogen and oxygen atoms in total. The van der Waals surface area contributed by atoms with Gasteiger partial charge in [-0.2, -0.15) is 0 Å². The fourth-order valence-electron chi connectivity index (χ4n) is 3.33. The first-order valence-electron chi connectivity index (χ1n) is 9.60. The van der Waals surface area contributed by atoms with Crippen molar-refractivity contribution in [2.24, 2.45) is 0 Å². The number of imide groups is 1. The van der Waals surface area contributed by atoms with Crippen molar-refractivity contribution in [2.75, 3.05) is 11.5 Å². The quantitative estimate of drug-likeness (QED) is 0.571. The average molecular weight is 407 g/mol. The maximum atomic E-state index is 12.6. The van der Waals surface area contributed by atoms with Crippen molar-refractivity contribution in [2.45, 2.75) is 64.1 Å². The summed E-state index contributed by atoms with van der Waals surface area (Å²) < 4.78 is 6.91. The Labute approximate surface area is 167 Å². The molecule has 0 aliphatic carbocycles. The van der Waals surface area contributed by atoms with E-state index in [2.05, 4.69) is 15.0 Å². The van der Waals surface area contributed by atoms with E-state index in [9.17, 15) is 24.9 Å². The molecule has 3 heterocycles. The van der Waals surface area contributed by atoms with Crippen LogP contribution >= 0.6 is 0 Å². The molecular weight excluding hydrogens is 382 g/mol. The van der Waals surface area contributed by atoms with Gasteiger partial charge in [0.15, 0.2) is 23.2 Å². The Morgan fingerprint density at radius 1 is 1.10 bits per heavy atom. The fourth-order valence-corrected chi connectivity index (χ4v) is 3.33. The molecule has 0 unspecified atom stereocenters. The summed E-state index contributed by atoms with van der Waals surface area (Å²) >= 11 is 0. The van der Waals surface area contributed by atoms with Crippen LogP contribution in [0, 0.1) is 0 Å². The van der Waals surface area contributed by atoms with Gasteiger partial charge in [-0.1, -0.05) is 13.8 Å². The molecule has 1 aliphatic heterocycles. The lowest BCUT2D eigenvalue weighted by atomic mass is 10.1. The zero-order valence-corrected chi connectivity index (χ0v) is 16.3. The van der Waals surface area contributed by atoms with Crippen molar-refractivity contribution in [1.29, 1.82) is 0 Å². The summed E-state index contributed by atoms with van der Waals surface area (Å²) in [5.41, 5.74) is 0.419. The topological polar surface area (TPSA) is 151 Å². The van der Waals surface area contributed by atoms with Gasteiger partial charge >= 0.3 is 0 Å². The highest BCUT2D eigenvalue weighted by Gasteiger charge is 2.44. The van der Waals surface area contributed by atoms with Crippen molar-refractivity contribution < 1.29 is 29.6 Å². The lowest BCUT2D eigenvalue weighted by molar-refractivity contribution is -0.126. The van der Waals surface area contributed by atoms with Crippen LogP contribution in [0.3, 0.4) is 0 Å². The number of amides is 2. The number of imidazole rings is 1. The van der Waals surface area contributed by atoms with Crippen LogP contribution in [-0.4, -0.2) is 71.6 Å². The SMILES string of the molecule is CCCC(=O)N(C(=O)CCC)c1ncnc2c1ncn2[C@@H]1O[C@H](CO)[C@@H](O)[C@H]1O. The van der Waals surface area contributed by atoms with Gasteiger partial charge in [0.25, 0.3) is 0 Å². The molecule has 0 bridgehead atoms. The lowest BCUT2D eigenvalue weighted by Crippen LogP contribution is -2.37. The second-order valence-corrected chi connectivity index (χ2v) is 6.87. The van der Waals surface area contributed by atoms with Crippen molar-refractivity contribution in [3.63, 3.8) is 0 Å². The van der Waals surface area contributed by atoms with E-state index in [0.29, 0.717) is 12.8 Å². The highest BCUT2D eigenvalue weighted by Crippen LogP contribution is 2.33. The normalized spacial score (nSPS) is 24.2. The number of nitrogens with zero attached hydrogens (tertiary/aromatic N) is 5. The lowest BCUT2D eigenvalue weighted by Gasteiger charge is -2.20. The number of anilines is 1. The van der Waals surface area contributed by atoms with Gasteiger partial charge in [0.05, 0.1) is 12.9 Å². The minimum absolute atomic E-state index is 0.0670. The molecule has 11 heteroatoms. The first kappa shape index (κ1) is 21.2. The third-order valence-electron chi connectivity index (χ3n) is 4.77. The summed E-state index contributed by atoms with van der Waals surface area (Å²) in [7, 11) is 0. The van der Waals surface area contributed by atoms with Crippen molar-refractivity contribution in [3.8, 4) is 0 Å². The molecule has 2 amide bonds. The molecule has 1 saturated heterocycles. The number of aliphatic hydroxyl groups is 3. The summed E-state index contributed by atoms with van der Waals surface area (Å²) in [4.78, 5) is 38.8. The van der Waals surface area contributed by atoms with Gasteiger partial charge < -0.3 is 20.1 Å². The number of aromatic nitrogens is 4. The van der Waals surface area contributed by atoms with Gasteiger partial charge in [-0.05, 0) is 12.8 Å². The Bertz CT molecular complexity index is 869. The molecule has 0 saturated carbocycles. The standard InChI is InChI=1S/C18H25N5O6/c1-3-5-11(25)23(12(26)6-4-2)17-13-16(19-8-20-17)22(9-21-13)18-15(28)14(27)10(7-24)29-18/h8-10,14-15,18,24,27-28H,3-7H2,1-2H3/t10-,14-,15-,18-/m1/s1. The molecule has 2 aromatic heterocycles. The molecule has 3 N–H and O–H groups in total. The summed E-state index contributed by atoms with van der Waals surface area (Å²) in [5.74, 6) is -0.695. The first-order chi connectivity index (χ1) is 13.9. The number of ether oxygens (including phenoxy) is 1. The molecule has 158 valence electrons. The van der Waals surface area contributed by atoms with Gasteiger partial charge in [0.1, 0.15) is 24.6 Å². The molecule has 4 atom stereocenters. The maximum absolute atomic E-state index is 12.6. The Balaban J connectivity index is 2.05. The average Bonchev–Trinajstić information content (AvgIpc) is 3.24. The van der Waals surface area contributed by atoms with Gasteiger partial charge in [-0.15, -0.1) is 0 Å². The summed E-state index contributed by atoms with van der Waals surface area (Å²) in [5, 5.41) is 29.6. The van der Waals surface area contributed by atoms with E-state index >= 15 is 0 Å². The highest BCUT2D eigenvalue weighted by molar-refractivity contribution is 6.17. The number of hydrogen-bond acceptors (Lipinski definition) is 9. The van der Waals surface area contributed by atoms with Crippen LogP contribution in [0.15, 0.2) is 12.7 Å². The molecule has 1 aliphatic rings. The third kappa shape index (κ3) is 3.86. The molecule has 0 radical (unpaired) electrons. The Hall–Kier alpha value is -2.47.